The van der Waals surface area contributed by atoms with Crippen molar-refractivity contribution in [3.63, 3.8) is 0 Å². The van der Waals surface area contributed by atoms with E-state index >= 15 is 0 Å². The Morgan fingerprint density at radius 2 is 1.94 bits per heavy atom. The number of ether oxygens (including phenoxy) is 1. The van der Waals surface area contributed by atoms with Crippen molar-refractivity contribution < 1.29 is 9.13 Å². The summed E-state index contributed by atoms with van der Waals surface area (Å²) in [6, 6.07) is 10.3. The van der Waals surface area contributed by atoms with Crippen molar-refractivity contribution in [2.75, 3.05) is 5.73 Å². The Hall–Kier alpha value is -1.07. The second-order valence-electron chi connectivity index (χ2n) is 3.72. The number of anilines is 1. The van der Waals surface area contributed by atoms with Gasteiger partial charge in [0.05, 0.1) is 10.2 Å². The number of hydrogen-bond donors (Lipinski definition) is 1. The molecule has 18 heavy (non-hydrogen) atoms. The van der Waals surface area contributed by atoms with E-state index in [9.17, 15) is 4.39 Å². The highest BCUT2D eigenvalue weighted by Crippen LogP contribution is 2.33. The van der Waals surface area contributed by atoms with Crippen LogP contribution in [-0.2, 0) is 6.61 Å². The number of halogens is 3. The molecule has 0 fully saturated rings. The summed E-state index contributed by atoms with van der Waals surface area (Å²) in [4.78, 5) is 0. The molecule has 5 heteroatoms. The molecular formula is C13H10Br2FNO. The lowest BCUT2D eigenvalue weighted by Gasteiger charge is -2.11. The Morgan fingerprint density at radius 3 is 2.61 bits per heavy atom. The van der Waals surface area contributed by atoms with Crippen LogP contribution in [0.5, 0.6) is 5.75 Å². The first-order chi connectivity index (χ1) is 8.56. The van der Waals surface area contributed by atoms with Crippen LogP contribution in [0.1, 0.15) is 5.56 Å². The van der Waals surface area contributed by atoms with Crippen LogP contribution < -0.4 is 10.5 Å². The van der Waals surface area contributed by atoms with Crippen LogP contribution in [0.3, 0.4) is 0 Å². The molecule has 2 N–H and O–H groups in total. The predicted molar refractivity (Wildman–Crippen MR) is 77.0 cm³/mol. The molecule has 2 aromatic rings. The van der Waals surface area contributed by atoms with E-state index in [2.05, 4.69) is 31.9 Å². The zero-order valence-electron chi connectivity index (χ0n) is 9.29. The predicted octanol–water partition coefficient (Wildman–Crippen LogP) is 4.51. The number of hydrogen-bond acceptors (Lipinski definition) is 2. The maximum atomic E-state index is 13.1. The van der Waals surface area contributed by atoms with Crippen molar-refractivity contribution in [2.45, 2.75) is 6.61 Å². The van der Waals surface area contributed by atoms with Crippen LogP contribution in [0.2, 0.25) is 0 Å². The minimum atomic E-state index is -0.394. The van der Waals surface area contributed by atoms with Gasteiger partial charge in [0.15, 0.2) is 5.75 Å². The van der Waals surface area contributed by atoms with Gasteiger partial charge in [-0.2, -0.15) is 0 Å². The molecule has 0 unspecified atom stereocenters. The summed E-state index contributed by atoms with van der Waals surface area (Å²) in [7, 11) is 0. The summed E-state index contributed by atoms with van der Waals surface area (Å²) in [5.41, 5.74) is 6.99. The Balaban J connectivity index is 2.16. The maximum Gasteiger partial charge on any atom is 0.157 e. The Morgan fingerprint density at radius 1 is 1.17 bits per heavy atom. The van der Waals surface area contributed by atoms with Crippen molar-refractivity contribution in [1.29, 1.82) is 0 Å². The molecule has 0 spiro atoms. The maximum absolute atomic E-state index is 13.1. The van der Waals surface area contributed by atoms with Gasteiger partial charge in [-0.3, -0.25) is 0 Å². The molecule has 2 rings (SSSR count). The number of rotatable bonds is 3. The van der Waals surface area contributed by atoms with Crippen molar-refractivity contribution in [2.24, 2.45) is 0 Å². The summed E-state index contributed by atoms with van der Waals surface area (Å²) in [5, 5.41) is 0. The molecule has 0 bridgehead atoms. The average Bonchev–Trinajstić information content (AvgIpc) is 2.27. The minimum absolute atomic E-state index is 0.275. The fraction of sp³-hybridized carbons (Fsp3) is 0.0769. The molecule has 0 aliphatic carbocycles. The largest absolute Gasteiger partial charge is 0.486 e. The highest BCUT2D eigenvalue weighted by atomic mass is 79.9. The number of benzene rings is 2. The van der Waals surface area contributed by atoms with E-state index < -0.39 is 5.82 Å². The average molecular weight is 375 g/mol. The topological polar surface area (TPSA) is 35.2 Å². The lowest BCUT2D eigenvalue weighted by molar-refractivity contribution is 0.305. The lowest BCUT2D eigenvalue weighted by Crippen LogP contribution is -2.00. The Bertz CT molecular complexity index is 552. The fourth-order valence-electron chi connectivity index (χ4n) is 1.51. The molecule has 0 heterocycles. The van der Waals surface area contributed by atoms with Gasteiger partial charge in [-0.25, -0.2) is 4.39 Å². The molecule has 0 saturated carbocycles. The Kier molecular flexibility index (Phi) is 4.24. The molecule has 2 aromatic carbocycles. The summed E-state index contributed by atoms with van der Waals surface area (Å²) >= 11 is 6.62. The molecule has 0 amide bonds. The van der Waals surface area contributed by atoms with Crippen LogP contribution >= 0.6 is 31.9 Å². The first-order valence-electron chi connectivity index (χ1n) is 5.18. The normalized spacial score (nSPS) is 10.4. The van der Waals surface area contributed by atoms with Crippen molar-refractivity contribution >= 4 is 37.5 Å². The van der Waals surface area contributed by atoms with Crippen molar-refractivity contribution in [3.8, 4) is 5.75 Å². The molecule has 0 radical (unpaired) electrons. The first-order valence-corrected chi connectivity index (χ1v) is 6.76. The van der Waals surface area contributed by atoms with Gasteiger partial charge in [0, 0.05) is 10.5 Å². The van der Waals surface area contributed by atoms with Gasteiger partial charge in [0.1, 0.15) is 12.4 Å². The van der Waals surface area contributed by atoms with Gasteiger partial charge in [-0.05, 0) is 39.7 Å². The van der Waals surface area contributed by atoms with E-state index in [1.54, 1.807) is 0 Å². The van der Waals surface area contributed by atoms with Crippen LogP contribution in [0.4, 0.5) is 10.1 Å². The van der Waals surface area contributed by atoms with Gasteiger partial charge >= 0.3 is 0 Å². The van der Waals surface area contributed by atoms with E-state index in [0.29, 0.717) is 16.8 Å². The van der Waals surface area contributed by atoms with Gasteiger partial charge in [0.25, 0.3) is 0 Å². The van der Waals surface area contributed by atoms with Crippen LogP contribution in [-0.4, -0.2) is 0 Å². The first kappa shape index (κ1) is 13.4. The SMILES string of the molecule is Nc1cc(F)cc(Br)c1OCc1cccc(Br)c1. The zero-order chi connectivity index (χ0) is 13.1. The molecule has 0 aliphatic heterocycles. The quantitative estimate of drug-likeness (QED) is 0.802. The van der Waals surface area contributed by atoms with Crippen molar-refractivity contribution in [1.82, 2.24) is 0 Å². The third-order valence-corrected chi connectivity index (χ3v) is 3.39. The lowest BCUT2D eigenvalue weighted by atomic mass is 10.2. The van der Waals surface area contributed by atoms with Gasteiger partial charge in [-0.15, -0.1) is 0 Å². The number of nitrogen functional groups attached to an aromatic ring is 1. The van der Waals surface area contributed by atoms with Gasteiger partial charge in [-0.1, -0.05) is 28.1 Å². The van der Waals surface area contributed by atoms with Gasteiger partial charge in [0.2, 0.25) is 0 Å². The highest BCUT2D eigenvalue weighted by Gasteiger charge is 2.08. The van der Waals surface area contributed by atoms with Crippen LogP contribution in [0.15, 0.2) is 45.3 Å². The molecular weight excluding hydrogens is 365 g/mol. The molecule has 0 saturated heterocycles. The third kappa shape index (κ3) is 3.23. The summed E-state index contributed by atoms with van der Waals surface area (Å²) in [5.74, 6) is 0.0607. The summed E-state index contributed by atoms with van der Waals surface area (Å²) in [6.07, 6.45) is 0. The standard InChI is InChI=1S/C13H10Br2FNO/c14-9-3-1-2-8(4-9)7-18-13-11(15)5-10(16)6-12(13)17/h1-6H,7,17H2. The van der Waals surface area contributed by atoms with E-state index in [-0.39, 0.29) is 5.69 Å². The highest BCUT2D eigenvalue weighted by molar-refractivity contribution is 9.10. The second-order valence-corrected chi connectivity index (χ2v) is 5.49. The fourth-order valence-corrected chi connectivity index (χ4v) is 2.52. The second kappa shape index (κ2) is 5.71. The molecule has 0 atom stereocenters. The Labute approximate surface area is 121 Å². The summed E-state index contributed by atoms with van der Waals surface area (Å²) < 4.78 is 20.1. The van der Waals surface area contributed by atoms with E-state index in [0.717, 1.165) is 10.0 Å². The third-order valence-electron chi connectivity index (χ3n) is 2.31. The van der Waals surface area contributed by atoms with Gasteiger partial charge < -0.3 is 10.5 Å². The number of nitrogens with two attached hydrogens (primary N) is 1. The molecule has 2 nitrogen and oxygen atoms in total. The monoisotopic (exact) mass is 373 g/mol. The van der Waals surface area contributed by atoms with Crippen LogP contribution in [0, 0.1) is 5.82 Å². The molecule has 94 valence electrons. The minimum Gasteiger partial charge on any atom is -0.486 e. The van der Waals surface area contributed by atoms with E-state index in [1.807, 2.05) is 24.3 Å². The molecule has 0 aliphatic rings. The van der Waals surface area contributed by atoms with Crippen LogP contribution in [0.25, 0.3) is 0 Å². The smallest absolute Gasteiger partial charge is 0.157 e. The zero-order valence-corrected chi connectivity index (χ0v) is 12.5. The van der Waals surface area contributed by atoms with E-state index in [4.69, 9.17) is 10.5 Å². The molecule has 0 aromatic heterocycles. The van der Waals surface area contributed by atoms with Crippen molar-refractivity contribution in [3.05, 3.63) is 56.7 Å². The summed E-state index contributed by atoms with van der Waals surface area (Å²) in [6.45, 7) is 0.369. The van der Waals surface area contributed by atoms with E-state index in [1.165, 1.54) is 12.1 Å².